The summed E-state index contributed by atoms with van der Waals surface area (Å²) in [6.45, 7) is 4.01. The average Bonchev–Trinajstić information content (AvgIpc) is 3.12. The van der Waals surface area contributed by atoms with Crippen LogP contribution in [-0.2, 0) is 0 Å². The number of nitrogens with one attached hydrogen (secondary N) is 1. The lowest BCUT2D eigenvalue weighted by molar-refractivity contribution is 0.0946. The van der Waals surface area contributed by atoms with E-state index in [2.05, 4.69) is 25.4 Å². The van der Waals surface area contributed by atoms with Gasteiger partial charge in [-0.2, -0.15) is 4.98 Å². The van der Waals surface area contributed by atoms with Gasteiger partial charge in [0, 0.05) is 24.4 Å². The first-order valence-electron chi connectivity index (χ1n) is 8.25. The molecule has 0 spiro atoms. The molecule has 25 heavy (non-hydrogen) atoms. The van der Waals surface area contributed by atoms with Crippen LogP contribution in [0.3, 0.4) is 0 Å². The number of carbonyl (C=O) groups is 1. The summed E-state index contributed by atoms with van der Waals surface area (Å²) in [5, 5.41) is 6.86. The van der Waals surface area contributed by atoms with E-state index in [9.17, 15) is 4.79 Å². The molecular weight excluding hydrogens is 320 g/mol. The molecule has 3 aromatic heterocycles. The van der Waals surface area contributed by atoms with E-state index in [0.29, 0.717) is 29.3 Å². The monoisotopic (exact) mass is 338 g/mol. The lowest BCUT2D eigenvalue weighted by atomic mass is 10.2. The van der Waals surface area contributed by atoms with E-state index >= 15 is 0 Å². The Morgan fingerprint density at radius 1 is 1.32 bits per heavy atom. The number of rotatable bonds is 5. The van der Waals surface area contributed by atoms with Crippen molar-refractivity contribution in [3.63, 3.8) is 0 Å². The van der Waals surface area contributed by atoms with Crippen LogP contribution >= 0.6 is 0 Å². The van der Waals surface area contributed by atoms with E-state index in [1.165, 1.54) is 0 Å². The third kappa shape index (κ3) is 3.28. The van der Waals surface area contributed by atoms with Gasteiger partial charge in [0.2, 0.25) is 0 Å². The molecule has 0 aromatic carbocycles. The van der Waals surface area contributed by atoms with Gasteiger partial charge in [0.25, 0.3) is 11.8 Å². The molecule has 1 amide bonds. The second-order valence-corrected chi connectivity index (χ2v) is 6.43. The standard InChI is InChI=1S/C17H18N6O2/c1-10(2)15-21-17(25-22-15)11-3-6-14(18-7-11)23-8-13(19-9-23)16(24)20-12-4-5-12/h3,6-10,12H,4-5H2,1-2H3,(H,20,24). The summed E-state index contributed by atoms with van der Waals surface area (Å²) < 4.78 is 6.97. The molecule has 0 atom stereocenters. The summed E-state index contributed by atoms with van der Waals surface area (Å²) in [4.78, 5) is 24.9. The van der Waals surface area contributed by atoms with Crippen molar-refractivity contribution in [3.8, 4) is 17.3 Å². The maximum absolute atomic E-state index is 12.0. The van der Waals surface area contributed by atoms with Crippen LogP contribution in [0.1, 0.15) is 48.9 Å². The van der Waals surface area contributed by atoms with Gasteiger partial charge < -0.3 is 9.84 Å². The number of imidazole rings is 1. The Bertz CT molecular complexity index is 892. The molecule has 4 rings (SSSR count). The van der Waals surface area contributed by atoms with E-state index in [1.807, 2.05) is 26.0 Å². The van der Waals surface area contributed by atoms with Crippen molar-refractivity contribution in [2.45, 2.75) is 38.6 Å². The van der Waals surface area contributed by atoms with E-state index < -0.39 is 0 Å². The van der Waals surface area contributed by atoms with Gasteiger partial charge in [-0.1, -0.05) is 19.0 Å². The smallest absolute Gasteiger partial charge is 0.271 e. The summed E-state index contributed by atoms with van der Waals surface area (Å²) in [6, 6.07) is 3.98. The highest BCUT2D eigenvalue weighted by Crippen LogP contribution is 2.21. The second kappa shape index (κ2) is 6.12. The SMILES string of the molecule is CC(C)c1noc(-c2ccc(-n3cnc(C(=O)NC4CC4)c3)nc2)n1. The van der Waals surface area contributed by atoms with Gasteiger partial charge >= 0.3 is 0 Å². The van der Waals surface area contributed by atoms with Crippen LogP contribution in [0.25, 0.3) is 17.3 Å². The normalized spacial score (nSPS) is 14.0. The predicted octanol–water partition coefficient (Wildman–Crippen LogP) is 2.33. The highest BCUT2D eigenvalue weighted by atomic mass is 16.5. The molecule has 1 saturated carbocycles. The quantitative estimate of drug-likeness (QED) is 0.766. The van der Waals surface area contributed by atoms with Crippen LogP contribution in [0.5, 0.6) is 0 Å². The third-order valence-electron chi connectivity index (χ3n) is 3.95. The number of hydrogen-bond acceptors (Lipinski definition) is 6. The molecule has 0 radical (unpaired) electrons. The zero-order valence-electron chi connectivity index (χ0n) is 14.0. The minimum Gasteiger partial charge on any atom is -0.348 e. The Hall–Kier alpha value is -3.03. The Balaban J connectivity index is 1.51. The Morgan fingerprint density at radius 2 is 2.16 bits per heavy atom. The molecule has 8 nitrogen and oxygen atoms in total. The number of aromatic nitrogens is 5. The number of amides is 1. The van der Waals surface area contributed by atoms with Crippen molar-refractivity contribution < 1.29 is 9.32 Å². The summed E-state index contributed by atoms with van der Waals surface area (Å²) >= 11 is 0. The van der Waals surface area contributed by atoms with Gasteiger partial charge in [-0.25, -0.2) is 9.97 Å². The molecule has 0 aliphatic heterocycles. The van der Waals surface area contributed by atoms with E-state index in [0.717, 1.165) is 18.4 Å². The predicted molar refractivity (Wildman–Crippen MR) is 89.2 cm³/mol. The Morgan fingerprint density at radius 3 is 2.80 bits per heavy atom. The summed E-state index contributed by atoms with van der Waals surface area (Å²) in [5.41, 5.74) is 1.13. The van der Waals surface area contributed by atoms with Crippen LogP contribution in [0.2, 0.25) is 0 Å². The molecule has 0 unspecified atom stereocenters. The van der Waals surface area contributed by atoms with Crippen molar-refractivity contribution in [3.05, 3.63) is 42.4 Å². The fraction of sp³-hybridized carbons (Fsp3) is 0.353. The number of carbonyl (C=O) groups excluding carboxylic acids is 1. The van der Waals surface area contributed by atoms with Crippen molar-refractivity contribution in [1.29, 1.82) is 0 Å². The summed E-state index contributed by atoms with van der Waals surface area (Å²) in [6.07, 6.45) is 7.00. The van der Waals surface area contributed by atoms with Crippen molar-refractivity contribution in [2.24, 2.45) is 0 Å². The second-order valence-electron chi connectivity index (χ2n) is 6.43. The van der Waals surface area contributed by atoms with Gasteiger partial charge in [-0.15, -0.1) is 0 Å². The third-order valence-corrected chi connectivity index (χ3v) is 3.95. The van der Waals surface area contributed by atoms with Crippen molar-refractivity contribution in [1.82, 2.24) is 30.0 Å². The van der Waals surface area contributed by atoms with Gasteiger partial charge in [0.1, 0.15) is 17.8 Å². The fourth-order valence-electron chi connectivity index (χ4n) is 2.30. The molecule has 1 aliphatic carbocycles. The zero-order valence-corrected chi connectivity index (χ0v) is 14.0. The largest absolute Gasteiger partial charge is 0.348 e. The molecular formula is C17H18N6O2. The van der Waals surface area contributed by atoms with Crippen LogP contribution < -0.4 is 5.32 Å². The van der Waals surface area contributed by atoms with E-state index in [-0.39, 0.29) is 11.8 Å². The van der Waals surface area contributed by atoms with Gasteiger partial charge in [0.15, 0.2) is 5.82 Å². The minimum atomic E-state index is -0.148. The fourth-order valence-corrected chi connectivity index (χ4v) is 2.30. The molecule has 3 heterocycles. The molecule has 128 valence electrons. The molecule has 8 heteroatoms. The number of pyridine rings is 1. The maximum Gasteiger partial charge on any atom is 0.271 e. The number of hydrogen-bond donors (Lipinski definition) is 1. The first kappa shape index (κ1) is 15.5. The first-order valence-corrected chi connectivity index (χ1v) is 8.25. The molecule has 0 bridgehead atoms. The van der Waals surface area contributed by atoms with Crippen LogP contribution in [-0.4, -0.2) is 36.6 Å². The molecule has 1 N–H and O–H groups in total. The van der Waals surface area contributed by atoms with Gasteiger partial charge in [0.05, 0.1) is 5.56 Å². The Kier molecular flexibility index (Phi) is 3.79. The highest BCUT2D eigenvalue weighted by molar-refractivity contribution is 5.92. The molecule has 1 aliphatic rings. The maximum atomic E-state index is 12.0. The van der Waals surface area contributed by atoms with Gasteiger partial charge in [-0.05, 0) is 25.0 Å². The Labute approximate surface area is 144 Å². The molecule has 1 fully saturated rings. The lowest BCUT2D eigenvalue weighted by Gasteiger charge is -2.01. The molecule has 0 saturated heterocycles. The average molecular weight is 338 g/mol. The van der Waals surface area contributed by atoms with Crippen LogP contribution in [0, 0.1) is 0 Å². The topological polar surface area (TPSA) is 98.7 Å². The van der Waals surface area contributed by atoms with Crippen molar-refractivity contribution >= 4 is 5.91 Å². The van der Waals surface area contributed by atoms with Crippen molar-refractivity contribution in [2.75, 3.05) is 0 Å². The first-order chi connectivity index (χ1) is 12.1. The number of nitrogens with zero attached hydrogens (tertiary/aromatic N) is 5. The highest BCUT2D eigenvalue weighted by Gasteiger charge is 2.24. The lowest BCUT2D eigenvalue weighted by Crippen LogP contribution is -2.25. The van der Waals surface area contributed by atoms with Crippen LogP contribution in [0.15, 0.2) is 35.4 Å². The van der Waals surface area contributed by atoms with Crippen LogP contribution in [0.4, 0.5) is 0 Å². The van der Waals surface area contributed by atoms with Gasteiger partial charge in [-0.3, -0.25) is 9.36 Å². The van der Waals surface area contributed by atoms with E-state index in [1.54, 1.807) is 23.3 Å². The zero-order chi connectivity index (χ0) is 17.4. The minimum absolute atomic E-state index is 0.148. The summed E-state index contributed by atoms with van der Waals surface area (Å²) in [7, 11) is 0. The van der Waals surface area contributed by atoms with E-state index in [4.69, 9.17) is 4.52 Å². The summed E-state index contributed by atoms with van der Waals surface area (Å²) in [5.74, 6) is 1.82. The molecule has 3 aromatic rings.